The van der Waals surface area contributed by atoms with Crippen LogP contribution in [-0.2, 0) is 11.2 Å². The van der Waals surface area contributed by atoms with E-state index in [0.717, 1.165) is 38.0 Å². The zero-order chi connectivity index (χ0) is 22.9. The molecule has 0 bridgehead atoms. The number of nitrogens with one attached hydrogen (secondary N) is 2. The van der Waals surface area contributed by atoms with Crippen molar-refractivity contribution < 1.29 is 14.3 Å². The predicted octanol–water partition coefficient (Wildman–Crippen LogP) is 4.28. The highest BCUT2D eigenvalue weighted by Gasteiger charge is 2.20. The van der Waals surface area contributed by atoms with Gasteiger partial charge in [-0.15, -0.1) is 0 Å². The second kappa shape index (κ2) is 11.2. The highest BCUT2D eigenvalue weighted by Crippen LogP contribution is 2.27. The maximum Gasteiger partial charge on any atom is 0.262 e. The van der Waals surface area contributed by atoms with Gasteiger partial charge in [0.05, 0.1) is 5.56 Å². The number of hydrogen-bond donors (Lipinski definition) is 2. The summed E-state index contributed by atoms with van der Waals surface area (Å²) in [5.74, 6) is 0.225. The molecule has 0 spiro atoms. The molecule has 1 fully saturated rings. The molecular weight excluding hydrogens is 414 g/mol. The SMILES string of the molecule is O=C(COc1ccccc1)Nc1ccc(N2CCCC2)c(C(=O)NCCc2ccccc2)c1. The number of carbonyl (C=O) groups is 2. The molecule has 1 saturated heterocycles. The Labute approximate surface area is 194 Å². The Bertz CT molecular complexity index is 1060. The van der Waals surface area contributed by atoms with E-state index in [1.165, 1.54) is 5.56 Å². The molecule has 1 aliphatic heterocycles. The van der Waals surface area contributed by atoms with Crippen LogP contribution in [0.25, 0.3) is 0 Å². The minimum Gasteiger partial charge on any atom is -0.484 e. The van der Waals surface area contributed by atoms with Gasteiger partial charge in [0.2, 0.25) is 0 Å². The van der Waals surface area contributed by atoms with Gasteiger partial charge < -0.3 is 20.3 Å². The molecular formula is C27H29N3O3. The molecule has 0 atom stereocenters. The molecule has 2 amide bonds. The Kier molecular flexibility index (Phi) is 7.59. The van der Waals surface area contributed by atoms with Crippen molar-refractivity contribution >= 4 is 23.2 Å². The minimum absolute atomic E-state index is 0.101. The van der Waals surface area contributed by atoms with E-state index in [-0.39, 0.29) is 18.4 Å². The van der Waals surface area contributed by atoms with Crippen LogP contribution >= 0.6 is 0 Å². The van der Waals surface area contributed by atoms with Crippen molar-refractivity contribution in [3.8, 4) is 5.75 Å². The maximum atomic E-state index is 13.1. The first-order valence-electron chi connectivity index (χ1n) is 11.4. The van der Waals surface area contributed by atoms with Gasteiger partial charge in [-0.2, -0.15) is 0 Å². The monoisotopic (exact) mass is 443 g/mol. The number of ether oxygens (including phenoxy) is 1. The largest absolute Gasteiger partial charge is 0.484 e. The second-order valence-corrected chi connectivity index (χ2v) is 8.07. The summed E-state index contributed by atoms with van der Waals surface area (Å²) in [5.41, 5.74) is 3.24. The molecule has 4 rings (SSSR count). The van der Waals surface area contributed by atoms with E-state index >= 15 is 0 Å². The summed E-state index contributed by atoms with van der Waals surface area (Å²) < 4.78 is 5.52. The number of carbonyl (C=O) groups excluding carboxylic acids is 2. The highest BCUT2D eigenvalue weighted by molar-refractivity contribution is 6.02. The molecule has 0 aromatic heterocycles. The lowest BCUT2D eigenvalue weighted by molar-refractivity contribution is -0.118. The van der Waals surface area contributed by atoms with Crippen molar-refractivity contribution in [1.29, 1.82) is 0 Å². The molecule has 3 aromatic rings. The van der Waals surface area contributed by atoms with Crippen molar-refractivity contribution in [2.24, 2.45) is 0 Å². The summed E-state index contributed by atoms with van der Waals surface area (Å²) in [5, 5.41) is 5.88. The molecule has 2 N–H and O–H groups in total. The van der Waals surface area contributed by atoms with E-state index in [4.69, 9.17) is 4.74 Å². The van der Waals surface area contributed by atoms with Crippen LogP contribution in [0.5, 0.6) is 5.75 Å². The van der Waals surface area contributed by atoms with E-state index in [2.05, 4.69) is 27.7 Å². The summed E-state index contributed by atoms with van der Waals surface area (Å²) in [7, 11) is 0. The molecule has 0 radical (unpaired) electrons. The fraction of sp³-hybridized carbons (Fsp3) is 0.259. The number of rotatable bonds is 9. The summed E-state index contributed by atoms with van der Waals surface area (Å²) >= 11 is 0. The van der Waals surface area contributed by atoms with Crippen LogP contribution in [0.3, 0.4) is 0 Å². The van der Waals surface area contributed by atoms with Crippen LogP contribution in [0, 0.1) is 0 Å². The highest BCUT2D eigenvalue weighted by atomic mass is 16.5. The standard InChI is InChI=1S/C27H29N3O3/c31-26(20-33-23-11-5-2-6-12-23)29-22-13-14-25(30-17-7-8-18-30)24(19-22)27(32)28-16-15-21-9-3-1-4-10-21/h1-6,9-14,19H,7-8,15-18,20H2,(H,28,32)(H,29,31). The first-order valence-corrected chi connectivity index (χ1v) is 11.4. The topological polar surface area (TPSA) is 70.7 Å². The van der Waals surface area contributed by atoms with Crippen molar-refractivity contribution in [1.82, 2.24) is 5.32 Å². The van der Waals surface area contributed by atoms with E-state index in [1.807, 2.05) is 48.5 Å². The molecule has 170 valence electrons. The fourth-order valence-corrected chi connectivity index (χ4v) is 3.95. The summed E-state index contributed by atoms with van der Waals surface area (Å²) in [6, 6.07) is 24.8. The third kappa shape index (κ3) is 6.35. The zero-order valence-electron chi connectivity index (χ0n) is 18.6. The fourth-order valence-electron chi connectivity index (χ4n) is 3.95. The average Bonchev–Trinajstić information content (AvgIpc) is 3.39. The molecule has 0 unspecified atom stereocenters. The van der Waals surface area contributed by atoms with Gasteiger partial charge in [0.15, 0.2) is 6.61 Å². The summed E-state index contributed by atoms with van der Waals surface area (Å²) in [6.45, 7) is 2.31. The van der Waals surface area contributed by atoms with Gasteiger partial charge in [0.25, 0.3) is 11.8 Å². The molecule has 0 saturated carbocycles. The molecule has 0 aliphatic carbocycles. The average molecular weight is 444 g/mol. The lowest BCUT2D eigenvalue weighted by Gasteiger charge is -2.22. The van der Waals surface area contributed by atoms with E-state index in [1.54, 1.807) is 18.2 Å². The predicted molar refractivity (Wildman–Crippen MR) is 131 cm³/mol. The van der Waals surface area contributed by atoms with Gasteiger partial charge in [-0.25, -0.2) is 0 Å². The number of benzene rings is 3. The van der Waals surface area contributed by atoms with Gasteiger partial charge in [0, 0.05) is 31.0 Å². The normalized spacial score (nSPS) is 12.9. The van der Waals surface area contributed by atoms with E-state index in [9.17, 15) is 9.59 Å². The number of hydrogen-bond acceptors (Lipinski definition) is 4. The first kappa shape index (κ1) is 22.4. The van der Waals surface area contributed by atoms with Gasteiger partial charge >= 0.3 is 0 Å². The third-order valence-electron chi connectivity index (χ3n) is 5.63. The van der Waals surface area contributed by atoms with Crippen LogP contribution in [0.4, 0.5) is 11.4 Å². The lowest BCUT2D eigenvalue weighted by Crippen LogP contribution is -2.29. The minimum atomic E-state index is -0.275. The van der Waals surface area contributed by atoms with Crippen molar-refractivity contribution in [2.45, 2.75) is 19.3 Å². The smallest absolute Gasteiger partial charge is 0.262 e. The third-order valence-corrected chi connectivity index (χ3v) is 5.63. The van der Waals surface area contributed by atoms with Gasteiger partial charge in [-0.1, -0.05) is 48.5 Å². The molecule has 6 nitrogen and oxygen atoms in total. The summed E-state index contributed by atoms with van der Waals surface area (Å²) in [4.78, 5) is 27.7. The number of nitrogens with zero attached hydrogens (tertiary/aromatic N) is 1. The first-order chi connectivity index (χ1) is 16.2. The molecule has 3 aromatic carbocycles. The number of anilines is 2. The van der Waals surface area contributed by atoms with Crippen molar-refractivity contribution in [2.75, 3.05) is 36.5 Å². The Morgan fingerprint density at radius 1 is 0.879 bits per heavy atom. The van der Waals surface area contributed by atoms with Crippen molar-refractivity contribution in [3.05, 3.63) is 90.0 Å². The molecule has 1 heterocycles. The van der Waals surface area contributed by atoms with Crippen LogP contribution in [0.15, 0.2) is 78.9 Å². The van der Waals surface area contributed by atoms with Gasteiger partial charge in [-0.3, -0.25) is 9.59 Å². The molecule has 1 aliphatic rings. The Morgan fingerprint density at radius 3 is 2.30 bits per heavy atom. The number of amides is 2. The molecule has 6 heteroatoms. The van der Waals surface area contributed by atoms with Gasteiger partial charge in [0.1, 0.15) is 5.75 Å². The quantitative estimate of drug-likeness (QED) is 0.518. The maximum absolute atomic E-state index is 13.1. The van der Waals surface area contributed by atoms with Gasteiger partial charge in [-0.05, 0) is 55.2 Å². The summed E-state index contributed by atoms with van der Waals surface area (Å²) in [6.07, 6.45) is 2.99. The van der Waals surface area contributed by atoms with E-state index in [0.29, 0.717) is 23.5 Å². The van der Waals surface area contributed by atoms with Crippen molar-refractivity contribution in [3.63, 3.8) is 0 Å². The van der Waals surface area contributed by atoms with Crippen LogP contribution in [-0.4, -0.2) is 38.1 Å². The zero-order valence-corrected chi connectivity index (χ0v) is 18.6. The van der Waals surface area contributed by atoms with Crippen LogP contribution < -0.4 is 20.3 Å². The van der Waals surface area contributed by atoms with Crippen LogP contribution in [0.2, 0.25) is 0 Å². The number of para-hydroxylation sites is 1. The van der Waals surface area contributed by atoms with Crippen LogP contribution in [0.1, 0.15) is 28.8 Å². The Morgan fingerprint density at radius 2 is 1.58 bits per heavy atom. The van der Waals surface area contributed by atoms with E-state index < -0.39 is 0 Å². The Balaban J connectivity index is 1.42. The lowest BCUT2D eigenvalue weighted by atomic mass is 10.1. The second-order valence-electron chi connectivity index (χ2n) is 8.07. The Hall–Kier alpha value is -3.80. The molecule has 33 heavy (non-hydrogen) atoms.